The van der Waals surface area contributed by atoms with E-state index in [1.54, 1.807) is 26.3 Å². The molecule has 2 heterocycles. The number of aliphatic carboxylic acids is 1. The molecule has 3 N–H and O–H groups in total. The Morgan fingerprint density at radius 1 is 1.25 bits per heavy atom. The summed E-state index contributed by atoms with van der Waals surface area (Å²) in [6.07, 6.45) is 5.98. The lowest BCUT2D eigenvalue weighted by molar-refractivity contribution is -0.143. The number of rotatable bonds is 8. The molecule has 0 aromatic carbocycles. The molecule has 1 aliphatic carbocycles. The first-order valence-corrected chi connectivity index (χ1v) is 11.0. The van der Waals surface area contributed by atoms with Crippen LogP contribution in [0.3, 0.4) is 0 Å². The fourth-order valence-electron chi connectivity index (χ4n) is 3.84. The molecule has 172 valence electrons. The van der Waals surface area contributed by atoms with Crippen LogP contribution in [0.2, 0.25) is 5.02 Å². The molecule has 0 spiro atoms. The highest BCUT2D eigenvalue weighted by Gasteiger charge is 2.26. The number of nitrogens with one attached hydrogen (secondary N) is 2. The van der Waals surface area contributed by atoms with Crippen LogP contribution in [0.4, 0.5) is 5.82 Å². The molecule has 1 amide bonds. The number of carbonyl (C=O) groups is 2. The molecule has 3 rings (SSSR count). The van der Waals surface area contributed by atoms with Crippen molar-refractivity contribution in [1.82, 2.24) is 20.3 Å². The molecule has 1 fully saturated rings. The first kappa shape index (κ1) is 23.7. The number of carbonyl (C=O) groups excluding carboxylic acids is 1. The maximum atomic E-state index is 12.5. The Balaban J connectivity index is 1.58. The topological polar surface area (TPSA) is 126 Å². The van der Waals surface area contributed by atoms with Crippen LogP contribution in [0.1, 0.15) is 60.5 Å². The number of hydrogen-bond donors (Lipinski definition) is 3. The van der Waals surface area contributed by atoms with Gasteiger partial charge in [0.15, 0.2) is 5.75 Å². The van der Waals surface area contributed by atoms with Gasteiger partial charge in [0.2, 0.25) is 0 Å². The van der Waals surface area contributed by atoms with Gasteiger partial charge in [-0.3, -0.25) is 9.59 Å². The zero-order chi connectivity index (χ0) is 23.3. The van der Waals surface area contributed by atoms with Crippen LogP contribution in [-0.2, 0) is 4.79 Å². The highest BCUT2D eigenvalue weighted by molar-refractivity contribution is 6.33. The van der Waals surface area contributed by atoms with Gasteiger partial charge in [0.25, 0.3) is 5.91 Å². The van der Waals surface area contributed by atoms with Gasteiger partial charge in [0.1, 0.15) is 17.3 Å². The number of pyridine rings is 1. The predicted octanol–water partition coefficient (Wildman–Crippen LogP) is 3.64. The lowest BCUT2D eigenvalue weighted by Crippen LogP contribution is -2.32. The van der Waals surface area contributed by atoms with E-state index in [0.717, 1.165) is 12.8 Å². The Labute approximate surface area is 192 Å². The molecule has 0 bridgehead atoms. The van der Waals surface area contributed by atoms with E-state index in [4.69, 9.17) is 21.4 Å². The molecule has 0 radical (unpaired) electrons. The second kappa shape index (κ2) is 10.6. The van der Waals surface area contributed by atoms with Crippen LogP contribution in [0, 0.1) is 18.8 Å². The molecule has 0 saturated heterocycles. The highest BCUT2D eigenvalue weighted by Crippen LogP contribution is 2.30. The molecule has 10 heteroatoms. The number of carboxylic acid groups (broad SMARTS) is 1. The average molecular weight is 462 g/mol. The molecule has 1 aliphatic rings. The summed E-state index contributed by atoms with van der Waals surface area (Å²) in [5.74, 6) is 0.639. The van der Waals surface area contributed by atoms with Gasteiger partial charge < -0.3 is 20.5 Å². The van der Waals surface area contributed by atoms with Crippen LogP contribution in [0.5, 0.6) is 5.75 Å². The SMILES string of the molecule is COc1cnc(C)nc1[C@H](C)Nc1ncc(C(=O)NC[C@H]2CC[C@H](C(=O)O)CC2)cc1Cl. The highest BCUT2D eigenvalue weighted by atomic mass is 35.5. The number of hydrogen-bond acceptors (Lipinski definition) is 7. The summed E-state index contributed by atoms with van der Waals surface area (Å²) >= 11 is 6.38. The van der Waals surface area contributed by atoms with Crippen LogP contribution >= 0.6 is 11.6 Å². The van der Waals surface area contributed by atoms with Crippen molar-refractivity contribution in [2.24, 2.45) is 11.8 Å². The predicted molar refractivity (Wildman–Crippen MR) is 120 cm³/mol. The molecule has 2 aromatic rings. The van der Waals surface area contributed by atoms with Crippen LogP contribution < -0.4 is 15.4 Å². The van der Waals surface area contributed by atoms with Crippen molar-refractivity contribution in [3.05, 3.63) is 40.6 Å². The quantitative estimate of drug-likeness (QED) is 0.543. The summed E-state index contributed by atoms with van der Waals surface area (Å²) in [5.41, 5.74) is 1.04. The van der Waals surface area contributed by atoms with Crippen molar-refractivity contribution in [3.8, 4) is 5.75 Å². The summed E-state index contributed by atoms with van der Waals surface area (Å²) in [6.45, 7) is 4.21. The lowest BCUT2D eigenvalue weighted by Gasteiger charge is -2.26. The van der Waals surface area contributed by atoms with E-state index in [0.29, 0.717) is 53.1 Å². The van der Waals surface area contributed by atoms with Crippen LogP contribution in [-0.4, -0.2) is 45.6 Å². The smallest absolute Gasteiger partial charge is 0.306 e. The lowest BCUT2D eigenvalue weighted by atomic mass is 9.82. The van der Waals surface area contributed by atoms with E-state index in [2.05, 4.69) is 25.6 Å². The summed E-state index contributed by atoms with van der Waals surface area (Å²) in [6, 6.07) is 1.32. The molecule has 2 aromatic heterocycles. The fourth-order valence-corrected chi connectivity index (χ4v) is 4.06. The van der Waals surface area contributed by atoms with Crippen molar-refractivity contribution in [2.45, 2.75) is 45.6 Å². The number of nitrogens with zero attached hydrogens (tertiary/aromatic N) is 3. The van der Waals surface area contributed by atoms with Crippen LogP contribution in [0.15, 0.2) is 18.5 Å². The summed E-state index contributed by atoms with van der Waals surface area (Å²) in [5, 5.41) is 15.5. The van der Waals surface area contributed by atoms with Crippen molar-refractivity contribution in [2.75, 3.05) is 19.0 Å². The minimum atomic E-state index is -0.732. The Bertz CT molecular complexity index is 979. The van der Waals surface area contributed by atoms with E-state index in [-0.39, 0.29) is 23.8 Å². The van der Waals surface area contributed by atoms with Gasteiger partial charge in [-0.25, -0.2) is 15.0 Å². The zero-order valence-corrected chi connectivity index (χ0v) is 19.1. The van der Waals surface area contributed by atoms with Gasteiger partial charge in [-0.1, -0.05) is 11.6 Å². The van der Waals surface area contributed by atoms with Crippen molar-refractivity contribution in [3.63, 3.8) is 0 Å². The fraction of sp³-hybridized carbons (Fsp3) is 0.500. The van der Waals surface area contributed by atoms with E-state index in [1.165, 1.54) is 6.20 Å². The van der Waals surface area contributed by atoms with Crippen molar-refractivity contribution >= 4 is 29.3 Å². The second-order valence-electron chi connectivity index (χ2n) is 8.06. The largest absolute Gasteiger partial charge is 0.493 e. The number of aryl methyl sites for hydroxylation is 1. The first-order valence-electron chi connectivity index (χ1n) is 10.6. The molecule has 1 saturated carbocycles. The minimum Gasteiger partial charge on any atom is -0.493 e. The number of amides is 1. The first-order chi connectivity index (χ1) is 15.3. The number of methoxy groups -OCH3 is 1. The maximum absolute atomic E-state index is 12.5. The Morgan fingerprint density at radius 3 is 2.59 bits per heavy atom. The molecule has 9 nitrogen and oxygen atoms in total. The number of halogens is 1. The second-order valence-corrected chi connectivity index (χ2v) is 8.46. The third-order valence-electron chi connectivity index (χ3n) is 5.74. The molecule has 1 atom stereocenters. The summed E-state index contributed by atoms with van der Waals surface area (Å²) in [7, 11) is 1.56. The summed E-state index contributed by atoms with van der Waals surface area (Å²) < 4.78 is 5.33. The molecule has 0 unspecified atom stereocenters. The molecule has 32 heavy (non-hydrogen) atoms. The Morgan fingerprint density at radius 2 is 1.97 bits per heavy atom. The summed E-state index contributed by atoms with van der Waals surface area (Å²) in [4.78, 5) is 36.5. The van der Waals surface area contributed by atoms with Crippen molar-refractivity contribution in [1.29, 1.82) is 0 Å². The number of carboxylic acids is 1. The normalized spacial score (nSPS) is 19.1. The van der Waals surface area contributed by atoms with Gasteiger partial charge in [-0.2, -0.15) is 0 Å². The van der Waals surface area contributed by atoms with E-state index >= 15 is 0 Å². The zero-order valence-electron chi connectivity index (χ0n) is 18.4. The minimum absolute atomic E-state index is 0.253. The van der Waals surface area contributed by atoms with Gasteiger partial charge in [-0.05, 0) is 51.5 Å². The third kappa shape index (κ3) is 5.85. The average Bonchev–Trinajstić information content (AvgIpc) is 2.78. The van der Waals surface area contributed by atoms with Gasteiger partial charge in [-0.15, -0.1) is 0 Å². The number of ether oxygens (including phenoxy) is 1. The molecular weight excluding hydrogens is 434 g/mol. The maximum Gasteiger partial charge on any atom is 0.306 e. The van der Waals surface area contributed by atoms with E-state index < -0.39 is 5.97 Å². The van der Waals surface area contributed by atoms with Crippen LogP contribution in [0.25, 0.3) is 0 Å². The third-order valence-corrected chi connectivity index (χ3v) is 6.03. The van der Waals surface area contributed by atoms with E-state index in [1.807, 2.05) is 6.92 Å². The van der Waals surface area contributed by atoms with Crippen molar-refractivity contribution < 1.29 is 19.4 Å². The van der Waals surface area contributed by atoms with Gasteiger partial charge >= 0.3 is 5.97 Å². The monoisotopic (exact) mass is 461 g/mol. The Hall–Kier alpha value is -2.94. The molecule has 0 aliphatic heterocycles. The standard InChI is InChI=1S/C22H28ClN5O4/c1-12(19-18(32-3)11-24-13(2)28-19)27-20-17(23)8-16(10-25-20)21(29)26-9-14-4-6-15(7-5-14)22(30)31/h8,10-12,14-15H,4-7,9H2,1-3H3,(H,25,27)(H,26,29)(H,30,31)/t12-,14-,15-/m0/s1. The Kier molecular flexibility index (Phi) is 7.84. The van der Waals surface area contributed by atoms with Gasteiger partial charge in [0.05, 0.1) is 35.9 Å². The molecular formula is C22H28ClN5O4. The van der Waals surface area contributed by atoms with E-state index in [9.17, 15) is 9.59 Å². The van der Waals surface area contributed by atoms with Gasteiger partial charge in [0, 0.05) is 12.7 Å². The number of aromatic nitrogens is 3. The number of anilines is 1.